The first-order chi connectivity index (χ1) is 13.9. The molecule has 3 aromatic heterocycles. The van der Waals surface area contributed by atoms with Crippen molar-refractivity contribution in [3.8, 4) is 34.0 Å². The van der Waals surface area contributed by atoms with Gasteiger partial charge in [-0.2, -0.15) is 13.2 Å². The molecule has 148 valence electrons. The van der Waals surface area contributed by atoms with Gasteiger partial charge in [0.05, 0.1) is 14.2 Å². The first-order valence-corrected chi connectivity index (χ1v) is 8.51. The number of alkyl halides is 3. The number of fused-ring (bicyclic) bond motifs is 1. The Balaban J connectivity index is 1.82. The Morgan fingerprint density at radius 3 is 2.31 bits per heavy atom. The number of benzene rings is 1. The largest absolute Gasteiger partial charge is 0.493 e. The highest BCUT2D eigenvalue weighted by molar-refractivity contribution is 5.68. The molecule has 1 aromatic carbocycles. The van der Waals surface area contributed by atoms with Crippen LogP contribution in [0.2, 0.25) is 0 Å². The van der Waals surface area contributed by atoms with E-state index in [1.165, 1.54) is 13.2 Å². The highest BCUT2D eigenvalue weighted by Crippen LogP contribution is 2.33. The van der Waals surface area contributed by atoms with E-state index >= 15 is 0 Å². The smallest absolute Gasteiger partial charge is 0.433 e. The monoisotopic (exact) mass is 400 g/mol. The molecule has 9 heteroatoms. The molecule has 0 bridgehead atoms. The number of nitrogens with zero attached hydrogens (tertiary/aromatic N) is 4. The van der Waals surface area contributed by atoms with E-state index in [1.54, 1.807) is 48.0 Å². The second kappa shape index (κ2) is 7.08. The van der Waals surface area contributed by atoms with Crippen LogP contribution in [-0.4, -0.2) is 33.8 Å². The molecule has 3 heterocycles. The van der Waals surface area contributed by atoms with Crippen molar-refractivity contribution in [3.63, 3.8) is 0 Å². The zero-order valence-corrected chi connectivity index (χ0v) is 15.4. The molecule has 0 aliphatic carbocycles. The predicted molar refractivity (Wildman–Crippen MR) is 99.8 cm³/mol. The average molecular weight is 400 g/mol. The Bertz CT molecular complexity index is 1190. The molecule has 4 aromatic rings. The van der Waals surface area contributed by atoms with Crippen molar-refractivity contribution in [2.45, 2.75) is 6.18 Å². The van der Waals surface area contributed by atoms with Crippen LogP contribution in [0, 0.1) is 0 Å². The van der Waals surface area contributed by atoms with Crippen molar-refractivity contribution in [2.24, 2.45) is 0 Å². The molecule has 0 saturated heterocycles. The van der Waals surface area contributed by atoms with Crippen LogP contribution in [0.4, 0.5) is 13.2 Å². The van der Waals surface area contributed by atoms with Gasteiger partial charge in [-0.05, 0) is 53.6 Å². The fourth-order valence-corrected chi connectivity index (χ4v) is 3.00. The maximum atomic E-state index is 13.0. The van der Waals surface area contributed by atoms with E-state index in [-0.39, 0.29) is 0 Å². The zero-order valence-electron chi connectivity index (χ0n) is 15.4. The van der Waals surface area contributed by atoms with E-state index in [9.17, 15) is 13.2 Å². The minimum atomic E-state index is -4.51. The molecular formula is C20H15F3N4O2. The van der Waals surface area contributed by atoms with E-state index in [0.29, 0.717) is 34.1 Å². The summed E-state index contributed by atoms with van der Waals surface area (Å²) in [4.78, 5) is 3.41. The molecule has 4 rings (SSSR count). The molecule has 0 spiro atoms. The molecule has 0 fully saturated rings. The normalized spacial score (nSPS) is 11.6. The van der Waals surface area contributed by atoms with Crippen molar-refractivity contribution >= 4 is 5.65 Å². The number of ether oxygens (including phenoxy) is 2. The summed E-state index contributed by atoms with van der Waals surface area (Å²) in [5, 5.41) is 8.35. The van der Waals surface area contributed by atoms with Gasteiger partial charge in [-0.1, -0.05) is 0 Å². The lowest BCUT2D eigenvalue weighted by molar-refractivity contribution is -0.141. The number of aromatic nitrogens is 4. The molecule has 0 aliphatic heterocycles. The van der Waals surface area contributed by atoms with Gasteiger partial charge in [0.1, 0.15) is 5.69 Å². The summed E-state index contributed by atoms with van der Waals surface area (Å²) in [5.74, 6) is 1.62. The van der Waals surface area contributed by atoms with Gasteiger partial charge < -0.3 is 9.47 Å². The fourth-order valence-electron chi connectivity index (χ4n) is 3.00. The molecule has 0 atom stereocenters. The summed E-state index contributed by atoms with van der Waals surface area (Å²) in [7, 11) is 3.07. The summed E-state index contributed by atoms with van der Waals surface area (Å²) < 4.78 is 51.3. The molecule has 0 N–H and O–H groups in total. The topological polar surface area (TPSA) is 61.5 Å². The van der Waals surface area contributed by atoms with Gasteiger partial charge in [0, 0.05) is 18.0 Å². The highest BCUT2D eigenvalue weighted by Gasteiger charge is 2.32. The first kappa shape index (κ1) is 18.7. The van der Waals surface area contributed by atoms with Crippen LogP contribution in [0.5, 0.6) is 11.5 Å². The van der Waals surface area contributed by atoms with Gasteiger partial charge >= 0.3 is 6.18 Å². The molecular weight excluding hydrogens is 385 g/mol. The van der Waals surface area contributed by atoms with Gasteiger partial charge in [-0.3, -0.25) is 9.38 Å². The lowest BCUT2D eigenvalue weighted by Crippen LogP contribution is -2.07. The van der Waals surface area contributed by atoms with Crippen LogP contribution in [0.25, 0.3) is 28.2 Å². The van der Waals surface area contributed by atoms with Crippen molar-refractivity contribution in [1.82, 2.24) is 19.6 Å². The fraction of sp³-hybridized carbons (Fsp3) is 0.150. The molecule has 6 nitrogen and oxygen atoms in total. The van der Waals surface area contributed by atoms with Crippen molar-refractivity contribution < 1.29 is 22.6 Å². The Labute approximate surface area is 163 Å². The third kappa shape index (κ3) is 3.46. The molecule has 0 aliphatic rings. The second-order valence-corrected chi connectivity index (χ2v) is 6.17. The van der Waals surface area contributed by atoms with Gasteiger partial charge in [0.2, 0.25) is 0 Å². The molecule has 0 amide bonds. The van der Waals surface area contributed by atoms with E-state index in [2.05, 4.69) is 15.2 Å². The summed E-state index contributed by atoms with van der Waals surface area (Å²) in [6.45, 7) is 0. The third-order valence-electron chi connectivity index (χ3n) is 4.43. The SMILES string of the molecule is COc1ccc(-c2nnc3ccc(-c4ccnc(C(F)(F)F)c4)cn23)cc1OC. The number of hydrogen-bond acceptors (Lipinski definition) is 5. The lowest BCUT2D eigenvalue weighted by atomic mass is 10.1. The second-order valence-electron chi connectivity index (χ2n) is 6.17. The summed E-state index contributed by atoms with van der Waals surface area (Å²) in [6.07, 6.45) is -1.68. The van der Waals surface area contributed by atoms with Gasteiger partial charge in [-0.15, -0.1) is 10.2 Å². The number of methoxy groups -OCH3 is 2. The summed E-state index contributed by atoms with van der Waals surface area (Å²) in [6, 6.07) is 11.2. The highest BCUT2D eigenvalue weighted by atomic mass is 19.4. The predicted octanol–water partition coefficient (Wildman–Crippen LogP) is 4.49. The van der Waals surface area contributed by atoms with Crippen LogP contribution in [-0.2, 0) is 6.18 Å². The van der Waals surface area contributed by atoms with Crippen LogP contribution >= 0.6 is 0 Å². The van der Waals surface area contributed by atoms with E-state index in [1.807, 2.05) is 0 Å². The van der Waals surface area contributed by atoms with Gasteiger partial charge in [0.15, 0.2) is 23.0 Å². The lowest BCUT2D eigenvalue weighted by Gasteiger charge is -2.10. The van der Waals surface area contributed by atoms with Crippen LogP contribution in [0.15, 0.2) is 54.9 Å². The molecule has 0 unspecified atom stereocenters. The number of pyridine rings is 2. The molecule has 29 heavy (non-hydrogen) atoms. The van der Waals surface area contributed by atoms with Crippen molar-refractivity contribution in [3.05, 3.63) is 60.6 Å². The van der Waals surface area contributed by atoms with E-state index in [0.717, 1.165) is 17.8 Å². The van der Waals surface area contributed by atoms with E-state index < -0.39 is 11.9 Å². The Kier molecular flexibility index (Phi) is 4.57. The van der Waals surface area contributed by atoms with Crippen LogP contribution < -0.4 is 9.47 Å². The number of hydrogen-bond donors (Lipinski definition) is 0. The van der Waals surface area contributed by atoms with Crippen molar-refractivity contribution in [1.29, 1.82) is 0 Å². The maximum Gasteiger partial charge on any atom is 0.433 e. The number of rotatable bonds is 4. The quantitative estimate of drug-likeness (QED) is 0.505. The first-order valence-electron chi connectivity index (χ1n) is 8.51. The zero-order chi connectivity index (χ0) is 20.6. The third-order valence-corrected chi connectivity index (χ3v) is 4.43. The Hall–Kier alpha value is -3.62. The Morgan fingerprint density at radius 2 is 1.59 bits per heavy atom. The van der Waals surface area contributed by atoms with Gasteiger partial charge in [0.25, 0.3) is 0 Å². The maximum absolute atomic E-state index is 13.0. The molecule has 0 saturated carbocycles. The number of halogens is 3. The van der Waals surface area contributed by atoms with Crippen LogP contribution in [0.1, 0.15) is 5.69 Å². The Morgan fingerprint density at radius 1 is 0.828 bits per heavy atom. The average Bonchev–Trinajstić information content (AvgIpc) is 3.16. The van der Waals surface area contributed by atoms with Crippen molar-refractivity contribution in [2.75, 3.05) is 14.2 Å². The van der Waals surface area contributed by atoms with Crippen LogP contribution in [0.3, 0.4) is 0 Å². The minimum absolute atomic E-state index is 0.390. The minimum Gasteiger partial charge on any atom is -0.493 e. The van der Waals surface area contributed by atoms with Gasteiger partial charge in [-0.25, -0.2) is 0 Å². The standard InChI is InChI=1S/C20H15F3N4O2/c1-28-15-5-3-13(9-16(15)29-2)19-26-25-18-6-4-14(11-27(18)19)12-7-8-24-17(10-12)20(21,22)23/h3-11H,1-2H3. The van der Waals surface area contributed by atoms with E-state index in [4.69, 9.17) is 9.47 Å². The summed E-state index contributed by atoms with van der Waals surface area (Å²) >= 11 is 0. The molecule has 0 radical (unpaired) electrons. The summed E-state index contributed by atoms with van der Waals surface area (Å²) in [5.41, 5.74) is 1.30.